The van der Waals surface area contributed by atoms with E-state index in [4.69, 9.17) is 14.0 Å². The van der Waals surface area contributed by atoms with Crippen molar-refractivity contribution >= 4 is 7.32 Å². The maximum atomic E-state index is 13.9. The maximum absolute atomic E-state index is 13.9. The van der Waals surface area contributed by atoms with Gasteiger partial charge in [0.15, 0.2) is 69.8 Å². The summed E-state index contributed by atoms with van der Waals surface area (Å²) < 4.78 is 176. The summed E-state index contributed by atoms with van der Waals surface area (Å²) in [6.07, 6.45) is 0. The van der Waals surface area contributed by atoms with Crippen molar-refractivity contribution in [3.63, 3.8) is 0 Å². The zero-order chi connectivity index (χ0) is 27.6. The third-order valence-corrected chi connectivity index (χ3v) is 4.66. The molecular weight excluding hydrogens is 539 g/mol. The average Bonchev–Trinajstić information content (AvgIpc) is 2.87. The Bertz CT molecular complexity index is 1180. The van der Waals surface area contributed by atoms with E-state index < -0.39 is 114 Å². The second-order valence-corrected chi connectivity index (χ2v) is 7.10. The highest BCUT2D eigenvalue weighted by Crippen LogP contribution is 2.23. The molecule has 3 aromatic carbocycles. The van der Waals surface area contributed by atoms with Gasteiger partial charge in [-0.3, -0.25) is 0 Å². The molecule has 3 rings (SSSR count). The van der Waals surface area contributed by atoms with E-state index in [0.717, 1.165) is 0 Å². The smallest absolute Gasteiger partial charge is 0.382 e. The maximum Gasteiger partial charge on any atom is 0.640 e. The molecule has 0 radical (unpaired) electrons. The number of rotatable bonds is 9. The largest absolute Gasteiger partial charge is 0.640 e. The Morgan fingerprint density at radius 1 is 0.378 bits per heavy atom. The molecule has 16 heteroatoms. The van der Waals surface area contributed by atoms with E-state index in [0.29, 0.717) is 0 Å². The van der Waals surface area contributed by atoms with E-state index in [-0.39, 0.29) is 18.2 Å². The Morgan fingerprint density at radius 2 is 0.622 bits per heavy atom. The van der Waals surface area contributed by atoms with Gasteiger partial charge in [-0.2, -0.15) is 0 Å². The molecule has 37 heavy (non-hydrogen) atoms. The van der Waals surface area contributed by atoms with Crippen molar-refractivity contribution in [3.05, 3.63) is 105 Å². The van der Waals surface area contributed by atoms with Crippen molar-refractivity contribution in [1.82, 2.24) is 0 Å². The van der Waals surface area contributed by atoms with Crippen LogP contribution in [0.15, 0.2) is 18.2 Å². The summed E-state index contributed by atoms with van der Waals surface area (Å²) in [5, 5.41) is 0. The minimum absolute atomic E-state index is 0.166. The molecule has 3 aromatic rings. The van der Waals surface area contributed by atoms with E-state index in [2.05, 4.69) is 0 Å². The first-order valence-electron chi connectivity index (χ1n) is 9.63. The minimum atomic E-state index is -2.29. The van der Waals surface area contributed by atoms with Crippen LogP contribution in [0.25, 0.3) is 0 Å². The van der Waals surface area contributed by atoms with Gasteiger partial charge in [0.25, 0.3) is 0 Å². The zero-order valence-electron chi connectivity index (χ0n) is 17.7. The van der Waals surface area contributed by atoms with Crippen LogP contribution in [0, 0.1) is 69.8 Å². The van der Waals surface area contributed by atoms with Gasteiger partial charge < -0.3 is 14.0 Å². The van der Waals surface area contributed by atoms with Gasteiger partial charge in [0.05, 0.1) is 19.8 Å². The molecule has 0 aliphatic rings. The fourth-order valence-electron chi connectivity index (χ4n) is 2.80. The Morgan fingerprint density at radius 3 is 0.865 bits per heavy atom. The molecule has 0 saturated carbocycles. The van der Waals surface area contributed by atoms with E-state index in [1.807, 2.05) is 0 Å². The lowest BCUT2D eigenvalue weighted by molar-refractivity contribution is 0.0734. The molecular formula is C21H9BF12O3. The predicted molar refractivity (Wildman–Crippen MR) is 98.9 cm³/mol. The number of hydrogen-bond acceptors (Lipinski definition) is 3. The van der Waals surface area contributed by atoms with Crippen molar-refractivity contribution in [2.45, 2.75) is 19.8 Å². The van der Waals surface area contributed by atoms with Crippen LogP contribution in [-0.4, -0.2) is 7.32 Å². The third kappa shape index (κ3) is 6.02. The van der Waals surface area contributed by atoms with Crippen molar-refractivity contribution in [2.75, 3.05) is 0 Å². The first-order valence-corrected chi connectivity index (χ1v) is 9.63. The number of benzene rings is 3. The summed E-state index contributed by atoms with van der Waals surface area (Å²) >= 11 is 0. The summed E-state index contributed by atoms with van der Waals surface area (Å²) in [6, 6.07) is 0.499. The summed E-state index contributed by atoms with van der Waals surface area (Å²) in [4.78, 5) is 0. The van der Waals surface area contributed by atoms with Crippen molar-refractivity contribution < 1.29 is 66.6 Å². The molecule has 0 amide bonds. The van der Waals surface area contributed by atoms with Gasteiger partial charge in [-0.25, -0.2) is 52.7 Å². The van der Waals surface area contributed by atoms with E-state index in [1.54, 1.807) is 0 Å². The second kappa shape index (κ2) is 11.4. The summed E-state index contributed by atoms with van der Waals surface area (Å²) in [5.74, 6) is -24.4. The number of hydrogen-bond donors (Lipinski definition) is 0. The lowest BCUT2D eigenvalue weighted by atomic mass is 10.1. The molecule has 0 spiro atoms. The molecule has 3 nitrogen and oxygen atoms in total. The lowest BCUT2D eigenvalue weighted by Gasteiger charge is -2.16. The summed E-state index contributed by atoms with van der Waals surface area (Å²) in [5.41, 5.74) is -2.91. The quantitative estimate of drug-likeness (QED) is 0.136. The molecule has 198 valence electrons. The van der Waals surface area contributed by atoms with Crippen LogP contribution in [0.5, 0.6) is 0 Å². The van der Waals surface area contributed by atoms with Crippen molar-refractivity contribution in [3.8, 4) is 0 Å². The minimum Gasteiger partial charge on any atom is -0.382 e. The van der Waals surface area contributed by atoms with Crippen LogP contribution in [0.4, 0.5) is 52.7 Å². The molecule has 0 bridgehead atoms. The fraction of sp³-hybridized carbons (Fsp3) is 0.143. The Balaban J connectivity index is 1.84. The van der Waals surface area contributed by atoms with Crippen LogP contribution in [0.2, 0.25) is 0 Å². The van der Waals surface area contributed by atoms with Gasteiger partial charge in [0.2, 0.25) is 0 Å². The van der Waals surface area contributed by atoms with Gasteiger partial charge in [0.1, 0.15) is 0 Å². The third-order valence-electron chi connectivity index (χ3n) is 4.66. The highest BCUT2D eigenvalue weighted by molar-refractivity contribution is 6.36. The molecule has 0 heterocycles. The predicted octanol–water partition coefficient (Wildman–Crippen LogP) is 6.29. The lowest BCUT2D eigenvalue weighted by Crippen LogP contribution is -2.28. The summed E-state index contributed by atoms with van der Waals surface area (Å²) in [7, 11) is -2.29. The van der Waals surface area contributed by atoms with Crippen LogP contribution in [0.3, 0.4) is 0 Å². The standard InChI is InChI=1S/C21H9BF12O3/c23-10-1-7(13(26)19(32)16(10)29)4-35-22(36-5-8-2-11(24)17(30)20(33)14(8)27)37-6-9-3-12(25)18(31)21(34)15(9)28/h1-3H,4-6H2. The van der Waals surface area contributed by atoms with Gasteiger partial charge in [-0.1, -0.05) is 0 Å². The van der Waals surface area contributed by atoms with Gasteiger partial charge in [-0.15, -0.1) is 0 Å². The zero-order valence-corrected chi connectivity index (χ0v) is 17.7. The molecule has 0 N–H and O–H groups in total. The molecule has 0 fully saturated rings. The normalized spacial score (nSPS) is 11.4. The molecule has 0 saturated heterocycles. The second-order valence-electron chi connectivity index (χ2n) is 7.10. The SMILES string of the molecule is Fc1cc(COB(OCc2cc(F)c(F)c(F)c2F)OCc2cc(F)c(F)c(F)c2F)c(F)c(F)c1F. The molecule has 0 unspecified atom stereocenters. The van der Waals surface area contributed by atoms with Gasteiger partial charge in [-0.05, 0) is 18.2 Å². The molecule has 0 aliphatic heterocycles. The fourth-order valence-corrected chi connectivity index (χ4v) is 2.80. The van der Waals surface area contributed by atoms with Crippen LogP contribution < -0.4 is 0 Å². The monoisotopic (exact) mass is 548 g/mol. The first kappa shape index (κ1) is 28.3. The van der Waals surface area contributed by atoms with E-state index >= 15 is 0 Å². The Kier molecular flexibility index (Phi) is 8.76. The Hall–Kier alpha value is -3.24. The average molecular weight is 548 g/mol. The van der Waals surface area contributed by atoms with Gasteiger partial charge in [0, 0.05) is 16.7 Å². The number of halogens is 12. The first-order chi connectivity index (χ1) is 17.3. The highest BCUT2D eigenvalue weighted by Gasteiger charge is 2.28. The van der Waals surface area contributed by atoms with Crippen LogP contribution in [0.1, 0.15) is 16.7 Å². The molecule has 0 aliphatic carbocycles. The van der Waals surface area contributed by atoms with Crippen LogP contribution >= 0.6 is 0 Å². The highest BCUT2D eigenvalue weighted by atomic mass is 19.2. The van der Waals surface area contributed by atoms with Crippen molar-refractivity contribution in [2.24, 2.45) is 0 Å². The van der Waals surface area contributed by atoms with Crippen molar-refractivity contribution in [1.29, 1.82) is 0 Å². The van der Waals surface area contributed by atoms with E-state index in [1.165, 1.54) is 0 Å². The van der Waals surface area contributed by atoms with E-state index in [9.17, 15) is 52.7 Å². The van der Waals surface area contributed by atoms with Crippen LogP contribution in [-0.2, 0) is 33.8 Å². The molecule has 0 aromatic heterocycles. The Labute approximate surface area is 199 Å². The molecule has 0 atom stereocenters. The summed E-state index contributed by atoms with van der Waals surface area (Å²) in [6.45, 7) is -3.56. The van der Waals surface area contributed by atoms with Gasteiger partial charge >= 0.3 is 7.32 Å². The topological polar surface area (TPSA) is 27.7 Å².